The molecule has 0 saturated heterocycles. The van der Waals surface area contributed by atoms with Crippen molar-refractivity contribution >= 4 is 72.3 Å². The predicted molar refractivity (Wildman–Crippen MR) is 239 cm³/mol. The fraction of sp³-hybridized carbons (Fsp3) is 0.304. The number of fused-ring (bicyclic) bond motifs is 6. The number of aromatic nitrogens is 10. The Balaban J connectivity index is 0.000000166. The lowest BCUT2D eigenvalue weighted by atomic mass is 10.1. The summed E-state index contributed by atoms with van der Waals surface area (Å²) in [6, 6.07) is 14.5. The molecule has 2 aromatic carbocycles. The molecule has 71 heavy (non-hydrogen) atoms. The van der Waals surface area contributed by atoms with Crippen LogP contribution >= 0.6 is 15.9 Å². The topological polar surface area (TPSA) is 118 Å². The van der Waals surface area contributed by atoms with Crippen molar-refractivity contribution in [2.75, 3.05) is 22.9 Å². The van der Waals surface area contributed by atoms with E-state index in [0.29, 0.717) is 33.0 Å². The van der Waals surface area contributed by atoms with Gasteiger partial charge in [-0.15, -0.1) is 26.8 Å². The van der Waals surface area contributed by atoms with Gasteiger partial charge in [-0.25, -0.2) is 36.3 Å². The number of hydrogen-bond donors (Lipinski definition) is 0. The van der Waals surface area contributed by atoms with E-state index in [1.54, 1.807) is 54.5 Å². The summed E-state index contributed by atoms with van der Waals surface area (Å²) in [5, 5.41) is 15.9. The molecular weight excluding hydrogens is 1030 g/mol. The molecule has 368 valence electrons. The van der Waals surface area contributed by atoms with E-state index in [2.05, 4.69) is 74.5 Å². The summed E-state index contributed by atoms with van der Waals surface area (Å²) in [5.41, 5.74) is -2.57. The maximum atomic E-state index is 15.0. The summed E-state index contributed by atoms with van der Waals surface area (Å²) in [6.07, 6.45) is -6.77. The SMILES string of the molecule is C#CC1(C(F)(F)F)CC1.Cc1nnc2nc(N(CC(F)F)c3ccnc(Br)c3)c3c(F)cccc3n12.Cc1nnc2nc(N(CC(F)F)c3ccnc(C#CC4(C(F)(F)F)CC4)c3)c3c(F)cccc3n12. The minimum Gasteiger partial charge on any atom is -0.320 e. The highest BCUT2D eigenvalue weighted by Gasteiger charge is 2.63. The molecule has 25 heteroatoms. The molecule has 2 saturated carbocycles. The maximum Gasteiger partial charge on any atom is 0.405 e. The van der Waals surface area contributed by atoms with Crippen molar-refractivity contribution in [1.82, 2.24) is 49.1 Å². The molecule has 0 aliphatic heterocycles. The van der Waals surface area contributed by atoms with Gasteiger partial charge in [0.25, 0.3) is 24.4 Å². The molecule has 2 aliphatic rings. The number of alkyl halides is 10. The maximum absolute atomic E-state index is 15.0. The minimum absolute atomic E-state index is 0.0398. The highest BCUT2D eigenvalue weighted by atomic mass is 79.9. The fourth-order valence-electron chi connectivity index (χ4n) is 7.49. The van der Waals surface area contributed by atoms with Gasteiger partial charge >= 0.3 is 12.4 Å². The quantitative estimate of drug-likeness (QED) is 0.0827. The fourth-order valence-corrected chi connectivity index (χ4v) is 7.84. The first-order valence-electron chi connectivity index (χ1n) is 21.0. The third kappa shape index (κ3) is 10.0. The number of aryl methyl sites for hydroxylation is 2. The zero-order valence-electron chi connectivity index (χ0n) is 36.7. The lowest BCUT2D eigenvalue weighted by Gasteiger charge is -2.25. The van der Waals surface area contributed by atoms with Gasteiger partial charge in [0, 0.05) is 23.8 Å². The number of hydrogen-bond acceptors (Lipinski definition) is 10. The lowest BCUT2D eigenvalue weighted by Crippen LogP contribution is -2.26. The van der Waals surface area contributed by atoms with Crippen molar-refractivity contribution in [3.8, 4) is 24.2 Å². The Labute approximate surface area is 402 Å². The average Bonchev–Trinajstić information content (AvgIpc) is 4.23. The molecule has 10 rings (SSSR count). The standard InChI is InChI=1S/C23H16F6N6.C17H12BrF3N6.C6H5F3/c1-13-32-33-21-31-20(19-16(24)3-2-4-17(19)35(13)21)34(12-18(25)26)15-6-10-30-14(11-15)5-7-22(8-9-22)23(27,28)29;1-9-24-25-17-23-16(15-11(19)3-2-4-12(15)27(9)17)26(8-14(20)21)10-5-6-22-13(18)7-10;1-2-5(3-4-5)6(7,8)9/h2-4,6,10-11,18H,8-9,12H2,1H3;2-7,14H,8H2,1H3;1H,3-4H2. The summed E-state index contributed by atoms with van der Waals surface area (Å²) in [7, 11) is 0. The number of anilines is 4. The van der Waals surface area contributed by atoms with Gasteiger partial charge in [0.1, 0.15) is 56.0 Å². The summed E-state index contributed by atoms with van der Waals surface area (Å²) >= 11 is 3.23. The third-order valence-electron chi connectivity index (χ3n) is 11.5. The Morgan fingerprint density at radius 2 is 1.11 bits per heavy atom. The number of benzene rings is 2. The molecule has 0 bridgehead atoms. The van der Waals surface area contributed by atoms with E-state index in [9.17, 15) is 48.3 Å². The molecule has 8 aromatic rings. The van der Waals surface area contributed by atoms with Crippen molar-refractivity contribution in [2.45, 2.75) is 64.7 Å². The van der Waals surface area contributed by atoms with Crippen molar-refractivity contribution in [3.63, 3.8) is 0 Å². The molecule has 0 atom stereocenters. The van der Waals surface area contributed by atoms with Gasteiger partial charge in [-0.2, -0.15) is 36.3 Å². The largest absolute Gasteiger partial charge is 0.405 e. The zero-order chi connectivity index (χ0) is 51.2. The van der Waals surface area contributed by atoms with E-state index in [0.717, 1.165) is 4.90 Å². The summed E-state index contributed by atoms with van der Waals surface area (Å²) in [6.45, 7) is 1.81. The highest BCUT2D eigenvalue weighted by molar-refractivity contribution is 9.10. The lowest BCUT2D eigenvalue weighted by molar-refractivity contribution is -0.169. The van der Waals surface area contributed by atoms with E-state index in [1.807, 2.05) is 0 Å². The van der Waals surface area contributed by atoms with E-state index < -0.39 is 60.8 Å². The van der Waals surface area contributed by atoms with E-state index >= 15 is 4.39 Å². The van der Waals surface area contributed by atoms with E-state index in [4.69, 9.17) is 0 Å². The van der Waals surface area contributed by atoms with E-state index in [1.165, 1.54) is 52.0 Å². The average molecular weight is 1060 g/mol. The van der Waals surface area contributed by atoms with Crippen molar-refractivity contribution in [1.29, 1.82) is 0 Å². The van der Waals surface area contributed by atoms with Crippen LogP contribution in [-0.2, 0) is 0 Å². The summed E-state index contributed by atoms with van der Waals surface area (Å²) in [5.74, 6) is 6.28. The number of pyridine rings is 2. The first kappa shape index (κ1) is 50.1. The monoisotopic (exact) mass is 1060 g/mol. The van der Waals surface area contributed by atoms with Crippen LogP contribution in [0.1, 0.15) is 43.0 Å². The first-order valence-corrected chi connectivity index (χ1v) is 21.8. The Morgan fingerprint density at radius 3 is 1.51 bits per heavy atom. The van der Waals surface area contributed by atoms with Crippen molar-refractivity contribution in [3.05, 3.63) is 107 Å². The molecule has 0 radical (unpaired) electrons. The second-order valence-electron chi connectivity index (χ2n) is 16.2. The van der Waals surface area contributed by atoms with Crippen molar-refractivity contribution in [2.24, 2.45) is 10.8 Å². The van der Waals surface area contributed by atoms with Gasteiger partial charge in [0.15, 0.2) is 0 Å². The summed E-state index contributed by atoms with van der Waals surface area (Å²) in [4.78, 5) is 19.0. The highest BCUT2D eigenvalue weighted by Crippen LogP contribution is 2.57. The predicted octanol–water partition coefficient (Wildman–Crippen LogP) is 11.5. The molecule has 0 spiro atoms. The van der Waals surface area contributed by atoms with Crippen LogP contribution in [0.3, 0.4) is 0 Å². The van der Waals surface area contributed by atoms with Crippen LogP contribution in [-0.4, -0.2) is 87.4 Å². The Hall–Kier alpha value is -7.28. The van der Waals surface area contributed by atoms with Gasteiger partial charge in [-0.3, -0.25) is 8.80 Å². The van der Waals surface area contributed by atoms with Crippen LogP contribution in [0.4, 0.5) is 75.7 Å². The smallest absolute Gasteiger partial charge is 0.320 e. The van der Waals surface area contributed by atoms with Gasteiger partial charge < -0.3 is 9.80 Å². The molecule has 6 aromatic heterocycles. The van der Waals surface area contributed by atoms with E-state index in [-0.39, 0.29) is 71.0 Å². The van der Waals surface area contributed by atoms with Crippen LogP contribution in [0.5, 0.6) is 0 Å². The first-order chi connectivity index (χ1) is 33.6. The molecule has 12 nitrogen and oxygen atoms in total. The number of halogens is 13. The van der Waals surface area contributed by atoms with Crippen LogP contribution in [0, 0.1) is 60.5 Å². The second kappa shape index (κ2) is 19.1. The number of terminal acetylenes is 1. The Morgan fingerprint density at radius 1 is 0.662 bits per heavy atom. The molecule has 0 N–H and O–H groups in total. The molecule has 0 unspecified atom stereocenters. The van der Waals surface area contributed by atoms with Crippen LogP contribution in [0.15, 0.2) is 77.7 Å². The number of rotatable bonds is 8. The minimum atomic E-state index is -4.47. The molecular formula is C46H33BrF12N12. The normalized spacial score (nSPS) is 14.6. The van der Waals surface area contributed by atoms with Crippen LogP contribution in [0.2, 0.25) is 0 Å². The zero-order valence-corrected chi connectivity index (χ0v) is 38.3. The second-order valence-corrected chi connectivity index (χ2v) is 17.0. The summed E-state index contributed by atoms with van der Waals surface area (Å²) < 4.78 is 162. The molecule has 2 fully saturated rings. The van der Waals surface area contributed by atoms with Gasteiger partial charge in [0.2, 0.25) is 0 Å². The van der Waals surface area contributed by atoms with Crippen molar-refractivity contribution < 1.29 is 52.7 Å². The molecule has 6 heterocycles. The van der Waals surface area contributed by atoms with Gasteiger partial charge in [-0.05, 0) is 110 Å². The third-order valence-corrected chi connectivity index (χ3v) is 11.9. The molecule has 2 aliphatic carbocycles. The Kier molecular flexibility index (Phi) is 13.5. The van der Waals surface area contributed by atoms with Gasteiger partial charge in [-0.1, -0.05) is 24.0 Å². The molecule has 0 amide bonds. The Bertz CT molecular complexity index is 3400. The van der Waals surface area contributed by atoms with Crippen LogP contribution in [0.25, 0.3) is 33.4 Å². The van der Waals surface area contributed by atoms with Crippen LogP contribution < -0.4 is 9.80 Å². The number of nitrogens with zero attached hydrogens (tertiary/aromatic N) is 12. The van der Waals surface area contributed by atoms with Gasteiger partial charge in [0.05, 0.1) is 34.9 Å².